The number of aryl methyl sites for hydroxylation is 1. The third-order valence-electron chi connectivity index (χ3n) is 4.10. The van der Waals surface area contributed by atoms with Gasteiger partial charge in [-0.2, -0.15) is 0 Å². The summed E-state index contributed by atoms with van der Waals surface area (Å²) in [6, 6.07) is 10.9. The van der Waals surface area contributed by atoms with Crippen molar-refractivity contribution in [1.82, 2.24) is 0 Å². The molecule has 0 unspecified atom stereocenters. The Balaban J connectivity index is 2.28. The molecule has 0 bridgehead atoms. The highest BCUT2D eigenvalue weighted by molar-refractivity contribution is 6.31. The normalized spacial score (nSPS) is 11.1. The van der Waals surface area contributed by atoms with Gasteiger partial charge in [-0.1, -0.05) is 23.7 Å². The third-order valence-corrected chi connectivity index (χ3v) is 4.51. The van der Waals surface area contributed by atoms with Crippen LogP contribution in [0.2, 0.25) is 5.02 Å². The van der Waals surface area contributed by atoms with E-state index >= 15 is 0 Å². The highest BCUT2D eigenvalue weighted by atomic mass is 35.5. The molecule has 0 aliphatic heterocycles. The molecule has 24 heavy (non-hydrogen) atoms. The van der Waals surface area contributed by atoms with E-state index in [1.54, 1.807) is 26.4 Å². The molecule has 5 heteroatoms. The molecule has 0 fully saturated rings. The molecule has 0 radical (unpaired) electrons. The topological polar surface area (TPSA) is 47.6 Å². The smallest absolute Gasteiger partial charge is 0.234 e. The van der Waals surface area contributed by atoms with E-state index in [2.05, 4.69) is 5.32 Å². The summed E-state index contributed by atoms with van der Waals surface area (Å²) in [6.07, 6.45) is 0. The first kappa shape index (κ1) is 18.1. The van der Waals surface area contributed by atoms with Gasteiger partial charge < -0.3 is 14.8 Å². The Kier molecular flexibility index (Phi) is 5.40. The number of rotatable bonds is 5. The highest BCUT2D eigenvalue weighted by Gasteiger charge is 2.31. The van der Waals surface area contributed by atoms with Crippen molar-refractivity contribution in [2.24, 2.45) is 0 Å². The molecule has 0 aromatic heterocycles. The van der Waals surface area contributed by atoms with Crippen LogP contribution in [0.4, 0.5) is 5.69 Å². The molecule has 0 saturated heterocycles. The summed E-state index contributed by atoms with van der Waals surface area (Å²) in [4.78, 5) is 12.8. The SMILES string of the molecule is COc1ccc(C(C)(C)C(=O)Nc2ccc(C)c(Cl)c2)cc1OC. The third kappa shape index (κ3) is 3.65. The van der Waals surface area contributed by atoms with Crippen molar-refractivity contribution in [3.05, 3.63) is 52.5 Å². The van der Waals surface area contributed by atoms with Gasteiger partial charge in [-0.3, -0.25) is 4.79 Å². The largest absolute Gasteiger partial charge is 0.493 e. The molecular formula is C19H22ClNO3. The van der Waals surface area contributed by atoms with Gasteiger partial charge in [0.05, 0.1) is 19.6 Å². The van der Waals surface area contributed by atoms with E-state index in [-0.39, 0.29) is 5.91 Å². The Hall–Kier alpha value is -2.20. The average molecular weight is 348 g/mol. The fourth-order valence-corrected chi connectivity index (χ4v) is 2.49. The molecule has 0 saturated carbocycles. The summed E-state index contributed by atoms with van der Waals surface area (Å²) in [5.74, 6) is 1.09. The number of hydrogen-bond donors (Lipinski definition) is 1. The van der Waals surface area contributed by atoms with Gasteiger partial charge in [0.1, 0.15) is 0 Å². The zero-order valence-electron chi connectivity index (χ0n) is 14.6. The van der Waals surface area contributed by atoms with Gasteiger partial charge in [-0.25, -0.2) is 0 Å². The molecule has 128 valence electrons. The molecule has 4 nitrogen and oxygen atoms in total. The van der Waals surface area contributed by atoms with Gasteiger partial charge in [-0.05, 0) is 56.2 Å². The van der Waals surface area contributed by atoms with Crippen LogP contribution in [0.5, 0.6) is 11.5 Å². The molecule has 0 atom stereocenters. The van der Waals surface area contributed by atoms with Crippen molar-refractivity contribution >= 4 is 23.2 Å². The maximum absolute atomic E-state index is 12.8. The van der Waals surface area contributed by atoms with Gasteiger partial charge in [0.15, 0.2) is 11.5 Å². The number of hydrogen-bond acceptors (Lipinski definition) is 3. The molecule has 0 spiro atoms. The fourth-order valence-electron chi connectivity index (χ4n) is 2.31. The van der Waals surface area contributed by atoms with Crippen LogP contribution in [0.15, 0.2) is 36.4 Å². The molecule has 0 aliphatic carbocycles. The van der Waals surface area contributed by atoms with Crippen LogP contribution >= 0.6 is 11.6 Å². The standard InChI is InChI=1S/C19H22ClNO3/c1-12-6-8-14(11-15(12)20)21-18(22)19(2,3)13-7-9-16(23-4)17(10-13)24-5/h6-11H,1-5H3,(H,21,22). The van der Waals surface area contributed by atoms with E-state index in [0.717, 1.165) is 11.1 Å². The van der Waals surface area contributed by atoms with Gasteiger partial charge >= 0.3 is 0 Å². The minimum Gasteiger partial charge on any atom is -0.493 e. The summed E-state index contributed by atoms with van der Waals surface area (Å²) in [7, 11) is 3.15. The quantitative estimate of drug-likeness (QED) is 0.861. The lowest BCUT2D eigenvalue weighted by atomic mass is 9.83. The zero-order chi connectivity index (χ0) is 17.9. The molecular weight excluding hydrogens is 326 g/mol. The number of ether oxygens (including phenoxy) is 2. The Bertz CT molecular complexity index is 756. The first-order valence-corrected chi connectivity index (χ1v) is 7.97. The maximum Gasteiger partial charge on any atom is 0.234 e. The molecule has 2 aromatic rings. The van der Waals surface area contributed by atoms with Crippen molar-refractivity contribution in [3.8, 4) is 11.5 Å². The number of methoxy groups -OCH3 is 2. The Morgan fingerprint density at radius 2 is 1.71 bits per heavy atom. The van der Waals surface area contributed by atoms with Crippen LogP contribution in [0.25, 0.3) is 0 Å². The van der Waals surface area contributed by atoms with Gasteiger partial charge in [-0.15, -0.1) is 0 Å². The molecule has 0 aliphatic rings. The predicted molar refractivity (Wildman–Crippen MR) is 97.4 cm³/mol. The highest BCUT2D eigenvalue weighted by Crippen LogP contribution is 2.34. The van der Waals surface area contributed by atoms with E-state index in [4.69, 9.17) is 21.1 Å². The number of nitrogens with one attached hydrogen (secondary N) is 1. The fraction of sp³-hybridized carbons (Fsp3) is 0.316. The number of halogens is 1. The van der Waals surface area contributed by atoms with E-state index < -0.39 is 5.41 Å². The van der Waals surface area contributed by atoms with Crippen LogP contribution in [0.3, 0.4) is 0 Å². The number of benzene rings is 2. The second-order valence-corrected chi connectivity index (χ2v) is 6.52. The number of carbonyl (C=O) groups excluding carboxylic acids is 1. The summed E-state index contributed by atoms with van der Waals surface area (Å²) in [6.45, 7) is 5.64. The second kappa shape index (κ2) is 7.14. The maximum atomic E-state index is 12.8. The number of carbonyl (C=O) groups is 1. The number of amides is 1. The van der Waals surface area contributed by atoms with Crippen LogP contribution in [-0.2, 0) is 10.2 Å². The van der Waals surface area contributed by atoms with Crippen LogP contribution < -0.4 is 14.8 Å². The minimum absolute atomic E-state index is 0.130. The molecule has 0 heterocycles. The van der Waals surface area contributed by atoms with E-state index in [0.29, 0.717) is 22.2 Å². The van der Waals surface area contributed by atoms with Gasteiger partial charge in [0, 0.05) is 10.7 Å². The summed E-state index contributed by atoms with van der Waals surface area (Å²) in [5, 5.41) is 3.54. The Morgan fingerprint density at radius 1 is 1.04 bits per heavy atom. The van der Waals surface area contributed by atoms with Crippen molar-refractivity contribution < 1.29 is 14.3 Å². The van der Waals surface area contributed by atoms with E-state index in [9.17, 15) is 4.79 Å². The zero-order valence-corrected chi connectivity index (χ0v) is 15.3. The molecule has 1 N–H and O–H groups in total. The van der Waals surface area contributed by atoms with Crippen molar-refractivity contribution in [3.63, 3.8) is 0 Å². The monoisotopic (exact) mass is 347 g/mol. The Labute approximate surface area is 147 Å². The van der Waals surface area contributed by atoms with Crippen molar-refractivity contribution in [1.29, 1.82) is 0 Å². The first-order chi connectivity index (χ1) is 11.3. The lowest BCUT2D eigenvalue weighted by Crippen LogP contribution is -2.34. The Morgan fingerprint density at radius 3 is 2.29 bits per heavy atom. The van der Waals surface area contributed by atoms with E-state index in [1.165, 1.54) is 0 Å². The lowest BCUT2D eigenvalue weighted by molar-refractivity contribution is -0.120. The van der Waals surface area contributed by atoms with Crippen molar-refractivity contribution in [2.45, 2.75) is 26.2 Å². The van der Waals surface area contributed by atoms with E-state index in [1.807, 2.05) is 45.0 Å². The van der Waals surface area contributed by atoms with Gasteiger partial charge in [0.2, 0.25) is 5.91 Å². The van der Waals surface area contributed by atoms with Crippen LogP contribution in [0.1, 0.15) is 25.0 Å². The minimum atomic E-state index is -0.753. The van der Waals surface area contributed by atoms with Crippen molar-refractivity contribution in [2.75, 3.05) is 19.5 Å². The summed E-state index contributed by atoms with van der Waals surface area (Å²) >= 11 is 6.12. The van der Waals surface area contributed by atoms with Crippen LogP contribution in [0, 0.1) is 6.92 Å². The summed E-state index contributed by atoms with van der Waals surface area (Å²) in [5.41, 5.74) is 1.71. The average Bonchev–Trinajstić information content (AvgIpc) is 2.57. The molecule has 2 rings (SSSR count). The lowest BCUT2D eigenvalue weighted by Gasteiger charge is -2.25. The van der Waals surface area contributed by atoms with Crippen LogP contribution in [-0.4, -0.2) is 20.1 Å². The summed E-state index contributed by atoms with van der Waals surface area (Å²) < 4.78 is 10.6. The first-order valence-electron chi connectivity index (χ1n) is 7.59. The molecule has 2 aromatic carbocycles. The predicted octanol–water partition coefficient (Wildman–Crippen LogP) is 4.58. The second-order valence-electron chi connectivity index (χ2n) is 6.11. The molecule has 1 amide bonds. The van der Waals surface area contributed by atoms with Gasteiger partial charge in [0.25, 0.3) is 0 Å². The number of anilines is 1.